The van der Waals surface area contributed by atoms with Gasteiger partial charge in [-0.2, -0.15) is 75.9 Å². The number of allylic oxidation sites excluding steroid dienone is 2. The van der Waals surface area contributed by atoms with E-state index in [9.17, 15) is 0 Å². The molecule has 2 aromatic heterocycles. The second-order valence-corrected chi connectivity index (χ2v) is 16.3. The maximum Gasteiger partial charge on any atom is 2.00 e. The van der Waals surface area contributed by atoms with Crippen molar-refractivity contribution in [2.45, 2.75) is 133 Å². The summed E-state index contributed by atoms with van der Waals surface area (Å²) in [4.78, 5) is 17.1. The van der Waals surface area contributed by atoms with E-state index in [4.69, 9.17) is 0 Å². The molecule has 4 radical (unpaired) electrons. The van der Waals surface area contributed by atoms with Gasteiger partial charge in [-0.05, 0) is 38.7 Å². The number of aliphatic imine (C=N–C) groups is 2. The van der Waals surface area contributed by atoms with E-state index in [-0.39, 0.29) is 215 Å². The van der Waals surface area contributed by atoms with Crippen LogP contribution in [0.25, 0.3) is 33.0 Å². The summed E-state index contributed by atoms with van der Waals surface area (Å²) in [7, 11) is 0. The Morgan fingerprint density at radius 3 is 1.38 bits per heavy atom. The van der Waals surface area contributed by atoms with Gasteiger partial charge in [0.15, 0.2) is 0 Å². The predicted molar refractivity (Wildman–Crippen MR) is 303 cm³/mol. The molecule has 4 nitrogen and oxygen atoms in total. The van der Waals surface area contributed by atoms with E-state index in [1.807, 2.05) is 39.8 Å². The fraction of sp³-hybridized carbons (Fsp3) is 0.312. The van der Waals surface area contributed by atoms with Crippen molar-refractivity contribution in [3.05, 3.63) is 208 Å². The molecule has 4 heterocycles. The summed E-state index contributed by atoms with van der Waals surface area (Å²) in [6.45, 7) is 58.3. The van der Waals surface area contributed by atoms with E-state index in [1.54, 1.807) is 0 Å². The zero-order chi connectivity index (χ0) is 51.3. The van der Waals surface area contributed by atoms with Crippen LogP contribution in [0.1, 0.15) is 133 Å². The molecule has 4 aromatic carbocycles. The molecule has 0 fully saturated rings. The molecule has 2 aliphatic rings. The number of pyridine rings is 2. The summed E-state index contributed by atoms with van der Waals surface area (Å²) < 4.78 is 0. The van der Waals surface area contributed by atoms with E-state index in [0.717, 1.165) is 103 Å². The van der Waals surface area contributed by atoms with Crippen molar-refractivity contribution < 1.29 is 215 Å². The molecule has 0 saturated carbocycles. The van der Waals surface area contributed by atoms with Gasteiger partial charge in [0.1, 0.15) is 0 Å². The summed E-state index contributed by atoms with van der Waals surface area (Å²) >= 11 is 0. The van der Waals surface area contributed by atoms with Crippen LogP contribution in [-0.2, 0) is 241 Å². The Hall–Kier alpha value is 1.69. The number of rotatable bonds is 4. The summed E-state index contributed by atoms with van der Waals surface area (Å²) in [6, 6.07) is 20.9. The summed E-state index contributed by atoms with van der Waals surface area (Å²) in [5, 5.41) is 2.44. The van der Waals surface area contributed by atoms with Crippen LogP contribution >= 0.6 is 0 Å². The van der Waals surface area contributed by atoms with Crippen LogP contribution in [0.15, 0.2) is 83.8 Å². The SMILES string of the molecule is C=C1C[C-]=Nc2c1ccc(C)c2C[CH2-].C=C1C[C-]=Nc2cc(C[CH2-])c(C)cc21.[CH2-]CC.[CH2-]CC.[CH2-]CC.[CH2-]CC.[CH2-]Cc1c(C)ccc2c(C)c[c-]nc12.[CH2-]Cc1cc2n[c-]cc(C)c2cc1C.[W+2].[W+2].[W+2].[W+2].[Y].[Y].[Y].[Y]. The predicted octanol–water partition coefficient (Wildman–Crippen LogP) is 17.7. The Morgan fingerprint density at radius 1 is 0.461 bits per heavy atom. The number of aryl methyl sites for hydroxylation is 6. The van der Waals surface area contributed by atoms with Crippen LogP contribution in [0.3, 0.4) is 0 Å². The van der Waals surface area contributed by atoms with Crippen LogP contribution in [0, 0.1) is 109 Å². The van der Waals surface area contributed by atoms with E-state index < -0.39 is 0 Å². The topological polar surface area (TPSA) is 50.5 Å². The van der Waals surface area contributed by atoms with Gasteiger partial charge in [0.2, 0.25) is 0 Å². The third-order valence-corrected chi connectivity index (χ3v) is 10.5. The molecule has 0 unspecified atom stereocenters. The molecule has 0 N–H and O–H groups in total. The van der Waals surface area contributed by atoms with Gasteiger partial charge in [0.05, 0.1) is 0 Å². The standard InChI is InChI=1S/4C13H13N.4C3H7.4W.4Y/c2*1-4-11-8-13-12(7-10(11)3)9(2)5-6-14-13;2*1-4-11-9(2)5-6-12-10(3)7-8-14-13(11)12;4*1-3-2;;;;;;;;/h5,7-8H,1,4H2,2-3H3;7-8H,1-2,4-5H2,3H3;5-7H,1,4H2,2-3H3;5-6H,1,3-4,7H2,2H3;4*1,3H2,2H3;;;;;;;;/q4*-2;4*-1;4*+2;;;;. The number of nitrogens with zero attached hydrogens (tertiary/aromatic N) is 4. The minimum atomic E-state index is 0. The van der Waals surface area contributed by atoms with E-state index in [1.165, 1.54) is 72.0 Å². The molecule has 76 heavy (non-hydrogen) atoms. The zero-order valence-electron chi connectivity index (χ0n) is 47.6. The molecule has 0 bridgehead atoms. The van der Waals surface area contributed by atoms with Crippen molar-refractivity contribution in [2.75, 3.05) is 0 Å². The molecule has 0 amide bonds. The van der Waals surface area contributed by atoms with E-state index >= 15 is 0 Å². The second kappa shape index (κ2) is 54.6. The number of benzene rings is 4. The Morgan fingerprint density at radius 2 is 0.882 bits per heavy atom. The van der Waals surface area contributed by atoms with Gasteiger partial charge in [-0.15, -0.1) is 39.1 Å². The second-order valence-electron chi connectivity index (χ2n) is 16.3. The molecule has 6 aromatic rings. The largest absolute Gasteiger partial charge is 2.00 e. The third-order valence-electron chi connectivity index (χ3n) is 10.5. The van der Waals surface area contributed by atoms with Crippen LogP contribution in [0.2, 0.25) is 0 Å². The number of hydrogen-bond acceptors (Lipinski definition) is 4. The monoisotopic (exact) mass is 2000 g/mol. The van der Waals surface area contributed by atoms with Gasteiger partial charge >= 0.3 is 84.3 Å². The maximum atomic E-state index is 4.32. The van der Waals surface area contributed by atoms with Crippen LogP contribution in [0.5, 0.6) is 0 Å². The molecule has 0 aliphatic carbocycles. The van der Waals surface area contributed by atoms with Gasteiger partial charge in [-0.3, -0.25) is 0 Å². The molecule has 8 rings (SSSR count). The first-order chi connectivity index (χ1) is 32.6. The Balaban J connectivity index is -0.000000122. The quantitative estimate of drug-likeness (QED) is 0.165. The fourth-order valence-corrected chi connectivity index (χ4v) is 6.94. The zero-order valence-corrected chi connectivity index (χ0v) is 70.7. The van der Waals surface area contributed by atoms with Gasteiger partial charge in [-0.25, -0.2) is 0 Å². The fourth-order valence-electron chi connectivity index (χ4n) is 6.94. The van der Waals surface area contributed by atoms with Crippen molar-refractivity contribution >= 4 is 56.8 Å². The Bertz CT molecular complexity index is 2570. The maximum absolute atomic E-state index is 4.32. The van der Waals surface area contributed by atoms with Crippen molar-refractivity contribution in [3.8, 4) is 0 Å². The van der Waals surface area contributed by atoms with Crippen LogP contribution in [-0.4, -0.2) is 22.4 Å². The van der Waals surface area contributed by atoms with Crippen LogP contribution < -0.4 is 0 Å². The normalized spacial score (nSPS) is 10.2. The molecule has 12 heteroatoms. The van der Waals surface area contributed by atoms with Crippen molar-refractivity contribution in [2.24, 2.45) is 9.98 Å². The molecule has 0 saturated heterocycles. The van der Waals surface area contributed by atoms with Gasteiger partial charge in [0.25, 0.3) is 0 Å². The number of aromatic nitrogens is 2. The van der Waals surface area contributed by atoms with Crippen LogP contribution in [0.4, 0.5) is 11.4 Å². The van der Waals surface area contributed by atoms with Crippen molar-refractivity contribution in [1.29, 1.82) is 0 Å². The first-order valence-corrected chi connectivity index (χ1v) is 23.9. The molecular weight excluding hydrogens is 1920 g/mol. The molecule has 0 spiro atoms. The smallest absolute Gasteiger partial charge is 0.455 e. The van der Waals surface area contributed by atoms with Crippen molar-refractivity contribution in [1.82, 2.24) is 9.97 Å². The number of hydrogen-bond donors (Lipinski definition) is 0. The number of fused-ring (bicyclic) bond motifs is 4. The van der Waals surface area contributed by atoms with E-state index in [0.29, 0.717) is 0 Å². The Labute approximate surface area is 623 Å². The van der Waals surface area contributed by atoms with Crippen molar-refractivity contribution in [3.63, 3.8) is 0 Å². The minimum Gasteiger partial charge on any atom is -0.455 e. The first kappa shape index (κ1) is 94.1. The molecule has 2 aliphatic heterocycles. The average molecular weight is 2000 g/mol. The van der Waals surface area contributed by atoms with Gasteiger partial charge < -0.3 is 75.3 Å². The van der Waals surface area contributed by atoms with Gasteiger partial charge in [-0.1, -0.05) is 189 Å². The first-order valence-electron chi connectivity index (χ1n) is 23.9. The summed E-state index contributed by atoms with van der Waals surface area (Å²) in [5.74, 6) is 0. The average Bonchev–Trinajstić information content (AvgIpc) is 3.31. The Kier molecular flexibility index (Phi) is 67.6. The third kappa shape index (κ3) is 31.5. The van der Waals surface area contributed by atoms with E-state index in [2.05, 4.69) is 203 Å². The molecular formula is C64H80N4W4Y4-4. The molecule has 0 atom stereocenters. The summed E-state index contributed by atoms with van der Waals surface area (Å²) in [5.41, 5.74) is 21.1. The minimum absolute atomic E-state index is 0. The van der Waals surface area contributed by atoms with Gasteiger partial charge in [0, 0.05) is 131 Å². The summed E-state index contributed by atoms with van der Waals surface area (Å²) in [6.07, 6.45) is 20.5. The molecule has 396 valence electrons.